The lowest BCUT2D eigenvalue weighted by atomic mass is 10.1. The summed E-state index contributed by atoms with van der Waals surface area (Å²) in [7, 11) is -3.40. The molecule has 1 atom stereocenters. The van der Waals surface area contributed by atoms with Crippen LogP contribution in [0, 0.1) is 5.92 Å². The van der Waals surface area contributed by atoms with Gasteiger partial charge in [-0.05, 0) is 37.3 Å². The summed E-state index contributed by atoms with van der Waals surface area (Å²) in [5, 5.41) is 4.99. The first-order valence-corrected chi connectivity index (χ1v) is 9.02. The third kappa shape index (κ3) is 5.22. The van der Waals surface area contributed by atoms with Gasteiger partial charge in [-0.25, -0.2) is 13.1 Å². The lowest BCUT2D eigenvalue weighted by Crippen LogP contribution is -2.34. The molecule has 0 amide bonds. The molecule has 0 spiro atoms. The van der Waals surface area contributed by atoms with E-state index in [9.17, 15) is 8.42 Å². The second kappa shape index (κ2) is 7.38. The summed E-state index contributed by atoms with van der Waals surface area (Å²) in [5.41, 5.74) is 0. The number of hydrogen-bond donors (Lipinski definition) is 2. The lowest BCUT2D eigenvalue weighted by molar-refractivity contribution is 0.482. The first kappa shape index (κ1) is 16.6. The average molecular weight is 304 g/mol. The van der Waals surface area contributed by atoms with Crippen molar-refractivity contribution in [3.05, 3.63) is 16.3 Å². The Morgan fingerprint density at radius 1 is 1.32 bits per heavy atom. The van der Waals surface area contributed by atoms with Crippen molar-refractivity contribution in [2.75, 3.05) is 6.54 Å². The fourth-order valence-electron chi connectivity index (χ4n) is 2.02. The van der Waals surface area contributed by atoms with Gasteiger partial charge in [-0.1, -0.05) is 20.8 Å². The molecular weight excluding hydrogens is 280 g/mol. The van der Waals surface area contributed by atoms with Crippen LogP contribution in [0.5, 0.6) is 0 Å². The fourth-order valence-corrected chi connectivity index (χ4v) is 4.69. The van der Waals surface area contributed by atoms with Crippen LogP contribution >= 0.6 is 11.3 Å². The van der Waals surface area contributed by atoms with E-state index in [1.165, 1.54) is 11.3 Å². The molecule has 2 N–H and O–H groups in total. The molecule has 0 aliphatic carbocycles. The second-order valence-electron chi connectivity index (χ2n) is 5.14. The third-order valence-electron chi connectivity index (χ3n) is 2.71. The Morgan fingerprint density at radius 3 is 2.58 bits per heavy atom. The van der Waals surface area contributed by atoms with Gasteiger partial charge in [0.2, 0.25) is 10.0 Å². The van der Waals surface area contributed by atoms with Crippen LogP contribution in [0.1, 0.15) is 39.0 Å². The Kier molecular flexibility index (Phi) is 6.46. The number of hydrogen-bond acceptors (Lipinski definition) is 4. The van der Waals surface area contributed by atoms with E-state index >= 15 is 0 Å². The SMILES string of the molecule is CCNCc1sccc1S(=O)(=O)NC(C)CC(C)C. The van der Waals surface area contributed by atoms with Crippen LogP contribution in [0.25, 0.3) is 0 Å². The molecule has 0 radical (unpaired) electrons. The molecule has 0 saturated heterocycles. The Morgan fingerprint density at radius 2 is 2.00 bits per heavy atom. The molecular formula is C13H24N2O2S2. The largest absolute Gasteiger partial charge is 0.312 e. The Balaban J connectivity index is 2.79. The van der Waals surface area contributed by atoms with Crippen LogP contribution in [0.3, 0.4) is 0 Å². The maximum atomic E-state index is 12.3. The van der Waals surface area contributed by atoms with Gasteiger partial charge < -0.3 is 5.32 Å². The third-order valence-corrected chi connectivity index (χ3v) is 5.44. The second-order valence-corrected chi connectivity index (χ2v) is 7.82. The first-order valence-electron chi connectivity index (χ1n) is 6.66. The maximum absolute atomic E-state index is 12.3. The zero-order valence-corrected chi connectivity index (χ0v) is 13.7. The summed E-state index contributed by atoms with van der Waals surface area (Å²) < 4.78 is 27.4. The molecule has 1 heterocycles. The molecule has 0 saturated carbocycles. The van der Waals surface area contributed by atoms with Gasteiger partial charge >= 0.3 is 0 Å². The number of thiophene rings is 1. The zero-order chi connectivity index (χ0) is 14.5. The van der Waals surface area contributed by atoms with Gasteiger partial charge in [0.25, 0.3) is 0 Å². The minimum absolute atomic E-state index is 0.0446. The molecule has 6 heteroatoms. The number of nitrogens with one attached hydrogen (secondary N) is 2. The molecule has 0 bridgehead atoms. The zero-order valence-electron chi connectivity index (χ0n) is 12.1. The highest BCUT2D eigenvalue weighted by atomic mass is 32.2. The molecule has 0 fully saturated rings. The van der Waals surface area contributed by atoms with Crippen LogP contribution in [0.2, 0.25) is 0 Å². The van der Waals surface area contributed by atoms with Crippen molar-refractivity contribution in [3.63, 3.8) is 0 Å². The lowest BCUT2D eigenvalue weighted by Gasteiger charge is -2.16. The van der Waals surface area contributed by atoms with Gasteiger partial charge in [-0.3, -0.25) is 0 Å². The smallest absolute Gasteiger partial charge is 0.241 e. The van der Waals surface area contributed by atoms with E-state index in [1.807, 2.05) is 19.2 Å². The molecule has 0 aliphatic rings. The van der Waals surface area contributed by atoms with Crippen LogP contribution in [-0.4, -0.2) is 21.0 Å². The summed E-state index contributed by atoms with van der Waals surface area (Å²) in [6.45, 7) is 9.52. The highest BCUT2D eigenvalue weighted by Gasteiger charge is 2.21. The molecule has 1 rings (SSSR count). The molecule has 19 heavy (non-hydrogen) atoms. The standard InChI is InChI=1S/C13H24N2O2S2/c1-5-14-9-12-13(6-7-18-12)19(16,17)15-11(4)8-10(2)3/h6-7,10-11,14-15H,5,8-9H2,1-4H3. The van der Waals surface area contributed by atoms with Gasteiger partial charge in [0, 0.05) is 17.5 Å². The molecule has 1 unspecified atom stereocenters. The first-order chi connectivity index (χ1) is 8.86. The Labute approximate surface area is 120 Å². The monoisotopic (exact) mass is 304 g/mol. The van der Waals surface area contributed by atoms with E-state index in [2.05, 4.69) is 23.9 Å². The van der Waals surface area contributed by atoms with E-state index in [4.69, 9.17) is 0 Å². The van der Waals surface area contributed by atoms with Gasteiger partial charge in [0.1, 0.15) is 0 Å². The summed E-state index contributed by atoms with van der Waals surface area (Å²) in [4.78, 5) is 1.28. The molecule has 0 aromatic carbocycles. The van der Waals surface area contributed by atoms with Crippen molar-refractivity contribution in [3.8, 4) is 0 Å². The molecule has 1 aromatic rings. The van der Waals surface area contributed by atoms with E-state index in [1.54, 1.807) is 6.07 Å². The highest BCUT2D eigenvalue weighted by molar-refractivity contribution is 7.89. The van der Waals surface area contributed by atoms with Crippen LogP contribution in [0.4, 0.5) is 0 Å². The molecule has 1 aromatic heterocycles. The predicted octanol–water partition coefficient (Wildman–Crippen LogP) is 2.57. The summed E-state index contributed by atoms with van der Waals surface area (Å²) >= 11 is 1.48. The van der Waals surface area contributed by atoms with E-state index in [0.717, 1.165) is 17.8 Å². The Hall–Kier alpha value is -0.430. The fraction of sp³-hybridized carbons (Fsp3) is 0.692. The summed E-state index contributed by atoms with van der Waals surface area (Å²) in [6.07, 6.45) is 0.839. The van der Waals surface area contributed by atoms with Crippen LogP contribution in [0.15, 0.2) is 16.3 Å². The van der Waals surface area contributed by atoms with Crippen molar-refractivity contribution < 1.29 is 8.42 Å². The topological polar surface area (TPSA) is 58.2 Å². The van der Waals surface area contributed by atoms with Gasteiger partial charge in [-0.15, -0.1) is 11.3 Å². The Bertz CT molecular complexity index is 481. The number of rotatable bonds is 8. The number of sulfonamides is 1. The molecule has 110 valence electrons. The van der Waals surface area contributed by atoms with Crippen LogP contribution < -0.4 is 10.0 Å². The van der Waals surface area contributed by atoms with Crippen LogP contribution in [-0.2, 0) is 16.6 Å². The van der Waals surface area contributed by atoms with E-state index in [0.29, 0.717) is 17.4 Å². The minimum Gasteiger partial charge on any atom is -0.312 e. The molecule has 0 aliphatic heterocycles. The van der Waals surface area contributed by atoms with Gasteiger partial charge in [-0.2, -0.15) is 0 Å². The highest BCUT2D eigenvalue weighted by Crippen LogP contribution is 2.22. The average Bonchev–Trinajstić information content (AvgIpc) is 2.72. The maximum Gasteiger partial charge on any atom is 0.241 e. The summed E-state index contributed by atoms with van der Waals surface area (Å²) in [6, 6.07) is 1.64. The van der Waals surface area contributed by atoms with Crippen molar-refractivity contribution in [2.45, 2.75) is 51.6 Å². The minimum atomic E-state index is -3.40. The van der Waals surface area contributed by atoms with Gasteiger partial charge in [0.05, 0.1) is 4.90 Å². The quantitative estimate of drug-likeness (QED) is 0.776. The van der Waals surface area contributed by atoms with E-state index < -0.39 is 10.0 Å². The van der Waals surface area contributed by atoms with Crippen molar-refractivity contribution in [2.24, 2.45) is 5.92 Å². The predicted molar refractivity (Wildman–Crippen MR) is 80.9 cm³/mol. The molecule has 4 nitrogen and oxygen atoms in total. The normalized spacial score (nSPS) is 13.9. The van der Waals surface area contributed by atoms with Crippen molar-refractivity contribution in [1.82, 2.24) is 10.0 Å². The van der Waals surface area contributed by atoms with Crippen molar-refractivity contribution in [1.29, 1.82) is 0 Å². The summed E-state index contributed by atoms with van der Waals surface area (Å²) in [5.74, 6) is 0.474. The van der Waals surface area contributed by atoms with E-state index in [-0.39, 0.29) is 6.04 Å². The van der Waals surface area contributed by atoms with Gasteiger partial charge in [0.15, 0.2) is 0 Å². The van der Waals surface area contributed by atoms with Crippen molar-refractivity contribution >= 4 is 21.4 Å².